The molecule has 0 aromatic rings. The maximum absolute atomic E-state index is 12.4. The first-order valence-electron chi connectivity index (χ1n) is 7.59. The number of nitrogens with two attached hydrogens (primary N) is 1. The van der Waals surface area contributed by atoms with E-state index in [4.69, 9.17) is 18.0 Å². The summed E-state index contributed by atoms with van der Waals surface area (Å²) in [6, 6.07) is 0. The third-order valence-electron chi connectivity index (χ3n) is 5.71. The highest BCUT2D eigenvalue weighted by Crippen LogP contribution is 2.49. The Balaban J connectivity index is 1.55. The number of carbonyl (C=O) groups is 1. The Hall–Kier alpha value is -0.640. The van der Waals surface area contributed by atoms with Crippen LogP contribution in [0.4, 0.5) is 0 Å². The highest BCUT2D eigenvalue weighted by molar-refractivity contribution is 7.80. The molecule has 3 aliphatic rings. The van der Waals surface area contributed by atoms with Crippen molar-refractivity contribution >= 4 is 23.1 Å². The molecule has 3 N–H and O–H groups in total. The summed E-state index contributed by atoms with van der Waals surface area (Å²) < 4.78 is 0. The van der Waals surface area contributed by atoms with Crippen LogP contribution in [0.15, 0.2) is 0 Å². The molecular formula is C15H24N2OS. The van der Waals surface area contributed by atoms with Gasteiger partial charge in [-0.1, -0.05) is 25.6 Å². The van der Waals surface area contributed by atoms with E-state index in [9.17, 15) is 4.79 Å². The quantitative estimate of drug-likeness (QED) is 0.777. The number of rotatable bonds is 4. The van der Waals surface area contributed by atoms with E-state index < -0.39 is 5.41 Å². The van der Waals surface area contributed by atoms with Gasteiger partial charge in [0.2, 0.25) is 5.91 Å². The number of thiocarbonyl (C=S) groups is 1. The van der Waals surface area contributed by atoms with E-state index in [1.54, 1.807) is 0 Å². The normalized spacial score (nSPS) is 43.8. The lowest BCUT2D eigenvalue weighted by Gasteiger charge is -2.44. The highest BCUT2D eigenvalue weighted by Gasteiger charge is 2.51. The van der Waals surface area contributed by atoms with Gasteiger partial charge in [0.15, 0.2) is 0 Å². The molecule has 0 spiro atoms. The monoisotopic (exact) mass is 280 g/mol. The van der Waals surface area contributed by atoms with Crippen molar-refractivity contribution in [3.05, 3.63) is 0 Å². The number of hydrogen-bond acceptors (Lipinski definition) is 2. The minimum Gasteiger partial charge on any atom is -0.392 e. The van der Waals surface area contributed by atoms with Crippen LogP contribution >= 0.6 is 12.2 Å². The van der Waals surface area contributed by atoms with Gasteiger partial charge in [0.1, 0.15) is 0 Å². The van der Waals surface area contributed by atoms with Crippen LogP contribution in [0.25, 0.3) is 0 Å². The molecule has 19 heavy (non-hydrogen) atoms. The molecule has 2 bridgehead atoms. The Morgan fingerprint density at radius 1 is 1.37 bits per heavy atom. The second-order valence-corrected chi connectivity index (χ2v) is 7.54. The Morgan fingerprint density at radius 2 is 2.11 bits per heavy atom. The summed E-state index contributed by atoms with van der Waals surface area (Å²) in [7, 11) is 0. The lowest BCUT2D eigenvalue weighted by atomic mass is 9.62. The lowest BCUT2D eigenvalue weighted by Crippen LogP contribution is -2.56. The maximum atomic E-state index is 12.4. The average Bonchev–Trinajstić information content (AvgIpc) is 2.93. The number of carbonyl (C=O) groups excluding carboxylic acids is 1. The molecule has 4 heteroatoms. The zero-order valence-corrected chi connectivity index (χ0v) is 12.5. The molecule has 106 valence electrons. The van der Waals surface area contributed by atoms with Crippen molar-refractivity contribution in [3.8, 4) is 0 Å². The first kappa shape index (κ1) is 13.3. The van der Waals surface area contributed by atoms with Crippen LogP contribution in [0.2, 0.25) is 0 Å². The minimum absolute atomic E-state index is 0.0841. The molecule has 3 atom stereocenters. The van der Waals surface area contributed by atoms with Crippen molar-refractivity contribution in [3.63, 3.8) is 0 Å². The molecular weight excluding hydrogens is 256 g/mol. The van der Waals surface area contributed by atoms with Crippen LogP contribution in [0.1, 0.15) is 45.4 Å². The number of hydrogen-bond donors (Lipinski definition) is 2. The van der Waals surface area contributed by atoms with Crippen LogP contribution in [0, 0.1) is 29.1 Å². The molecule has 0 radical (unpaired) electrons. The Labute approximate surface area is 120 Å². The van der Waals surface area contributed by atoms with E-state index >= 15 is 0 Å². The van der Waals surface area contributed by atoms with E-state index in [0.29, 0.717) is 16.8 Å². The average molecular weight is 280 g/mol. The molecule has 0 aromatic carbocycles. The lowest BCUT2D eigenvalue weighted by molar-refractivity contribution is -0.133. The largest absolute Gasteiger partial charge is 0.392 e. The van der Waals surface area contributed by atoms with Gasteiger partial charge in [-0.3, -0.25) is 4.79 Å². The van der Waals surface area contributed by atoms with E-state index in [2.05, 4.69) is 12.2 Å². The second kappa shape index (κ2) is 4.72. The van der Waals surface area contributed by atoms with Gasteiger partial charge in [0.05, 0.1) is 10.4 Å². The number of fused-ring (bicyclic) bond motifs is 2. The van der Waals surface area contributed by atoms with Crippen LogP contribution < -0.4 is 11.1 Å². The van der Waals surface area contributed by atoms with Gasteiger partial charge in [-0.15, -0.1) is 0 Å². The van der Waals surface area contributed by atoms with Gasteiger partial charge in [-0.05, 0) is 55.8 Å². The van der Waals surface area contributed by atoms with E-state index in [1.807, 2.05) is 0 Å². The molecule has 3 rings (SSSR count). The molecule has 3 nitrogen and oxygen atoms in total. The van der Waals surface area contributed by atoms with Gasteiger partial charge >= 0.3 is 0 Å². The fraction of sp³-hybridized carbons (Fsp3) is 0.867. The van der Waals surface area contributed by atoms with Gasteiger partial charge in [0, 0.05) is 6.54 Å². The molecule has 0 saturated heterocycles. The molecule has 0 heterocycles. The Morgan fingerprint density at radius 3 is 2.58 bits per heavy atom. The summed E-state index contributed by atoms with van der Waals surface area (Å²) in [5, 5.41) is 3.15. The van der Waals surface area contributed by atoms with Crippen LogP contribution in [-0.4, -0.2) is 17.4 Å². The first-order chi connectivity index (χ1) is 9.01. The Bertz CT molecular complexity index is 403. The zero-order chi connectivity index (χ0) is 13.6. The van der Waals surface area contributed by atoms with E-state index in [0.717, 1.165) is 31.2 Å². The van der Waals surface area contributed by atoms with Crippen LogP contribution in [0.3, 0.4) is 0 Å². The van der Waals surface area contributed by atoms with Crippen molar-refractivity contribution in [2.24, 2.45) is 34.8 Å². The van der Waals surface area contributed by atoms with Crippen molar-refractivity contribution in [2.75, 3.05) is 6.54 Å². The maximum Gasteiger partial charge on any atom is 0.233 e. The zero-order valence-electron chi connectivity index (χ0n) is 11.7. The minimum atomic E-state index is -0.535. The fourth-order valence-corrected chi connectivity index (χ4v) is 4.91. The summed E-state index contributed by atoms with van der Waals surface area (Å²) in [6.45, 7) is 2.98. The summed E-state index contributed by atoms with van der Waals surface area (Å²) in [5.41, 5.74) is 5.28. The molecule has 3 unspecified atom stereocenters. The second-order valence-electron chi connectivity index (χ2n) is 7.10. The predicted octanol–water partition coefficient (Wildman–Crippen LogP) is 2.24. The van der Waals surface area contributed by atoms with Crippen LogP contribution in [0.5, 0.6) is 0 Å². The summed E-state index contributed by atoms with van der Waals surface area (Å²) in [6.07, 6.45) is 7.11. The van der Waals surface area contributed by atoms with Crippen molar-refractivity contribution in [1.29, 1.82) is 0 Å². The fourth-order valence-electron chi connectivity index (χ4n) is 4.65. The van der Waals surface area contributed by atoms with Crippen molar-refractivity contribution in [1.82, 2.24) is 5.32 Å². The molecule has 0 aliphatic heterocycles. The number of nitrogens with one attached hydrogen (secondary N) is 1. The predicted molar refractivity (Wildman–Crippen MR) is 79.6 cm³/mol. The van der Waals surface area contributed by atoms with Crippen molar-refractivity contribution in [2.45, 2.75) is 45.4 Å². The van der Waals surface area contributed by atoms with Crippen LogP contribution in [-0.2, 0) is 4.79 Å². The molecule has 1 amide bonds. The first-order valence-corrected chi connectivity index (χ1v) is 8.00. The van der Waals surface area contributed by atoms with Gasteiger partial charge in [-0.25, -0.2) is 0 Å². The third-order valence-corrected chi connectivity index (χ3v) is 6.10. The van der Waals surface area contributed by atoms with Gasteiger partial charge in [-0.2, -0.15) is 0 Å². The number of amides is 1. The van der Waals surface area contributed by atoms with E-state index in [-0.39, 0.29) is 5.91 Å². The summed E-state index contributed by atoms with van der Waals surface area (Å²) in [4.78, 5) is 12.8. The van der Waals surface area contributed by atoms with E-state index in [1.165, 1.54) is 25.7 Å². The molecule has 3 aliphatic carbocycles. The molecule has 3 saturated carbocycles. The smallest absolute Gasteiger partial charge is 0.233 e. The van der Waals surface area contributed by atoms with Gasteiger partial charge < -0.3 is 11.1 Å². The molecule has 0 aromatic heterocycles. The Kier molecular flexibility index (Phi) is 3.32. The molecule has 3 fully saturated rings. The SMILES string of the molecule is CC1CC(C(=O)NCC2CC3CCC2C3)(C(N)=S)C1. The standard InChI is InChI=1S/C15H24N2OS/c1-9-6-15(7-9,13(16)19)14(18)17-8-12-5-10-2-3-11(12)4-10/h9-12H,2-8H2,1H3,(H2,16,19)(H,17,18). The third kappa shape index (κ3) is 2.18. The summed E-state index contributed by atoms with van der Waals surface area (Å²) in [5.74, 6) is 3.13. The summed E-state index contributed by atoms with van der Waals surface area (Å²) >= 11 is 5.13. The van der Waals surface area contributed by atoms with Crippen molar-refractivity contribution < 1.29 is 4.79 Å². The van der Waals surface area contributed by atoms with Gasteiger partial charge in [0.25, 0.3) is 0 Å². The highest BCUT2D eigenvalue weighted by atomic mass is 32.1. The topological polar surface area (TPSA) is 55.1 Å².